The van der Waals surface area contributed by atoms with Gasteiger partial charge in [-0.1, -0.05) is 51.2 Å². The van der Waals surface area contributed by atoms with E-state index in [4.69, 9.17) is 0 Å². The molecule has 114 valence electrons. The van der Waals surface area contributed by atoms with E-state index in [2.05, 4.69) is 16.9 Å². The number of para-hydroxylation sites is 1. The lowest BCUT2D eigenvalue weighted by Gasteiger charge is -2.15. The van der Waals surface area contributed by atoms with Crippen LogP contribution < -0.4 is 4.90 Å². The van der Waals surface area contributed by atoms with Crippen molar-refractivity contribution in [2.24, 2.45) is 5.92 Å². The fourth-order valence-corrected chi connectivity index (χ4v) is 2.82. The van der Waals surface area contributed by atoms with Crippen molar-refractivity contribution >= 4 is 16.7 Å². The molecule has 0 unspecified atom stereocenters. The van der Waals surface area contributed by atoms with Gasteiger partial charge in [-0.05, 0) is 25.0 Å². The summed E-state index contributed by atoms with van der Waals surface area (Å²) in [5.74, 6) is 2.83. The van der Waals surface area contributed by atoms with E-state index >= 15 is 0 Å². The molecule has 1 fully saturated rings. The van der Waals surface area contributed by atoms with Gasteiger partial charge >= 0.3 is 0 Å². The molecule has 1 aliphatic carbocycles. The third-order valence-electron chi connectivity index (χ3n) is 4.01. The van der Waals surface area contributed by atoms with Crippen molar-refractivity contribution in [1.82, 2.24) is 9.97 Å². The highest BCUT2D eigenvalue weighted by atomic mass is 15.1. The van der Waals surface area contributed by atoms with Gasteiger partial charge in [-0.3, -0.25) is 0 Å². The van der Waals surface area contributed by atoms with Crippen molar-refractivity contribution in [1.29, 1.82) is 0 Å². The number of hydrogen-bond donors (Lipinski definition) is 0. The summed E-state index contributed by atoms with van der Waals surface area (Å²) >= 11 is 0. The fraction of sp³-hybridized carbons (Fsp3) is 0.556. The average molecular weight is 285 g/mol. The Morgan fingerprint density at radius 2 is 1.67 bits per heavy atom. The van der Waals surface area contributed by atoms with Crippen LogP contribution >= 0.6 is 0 Å². The molecule has 0 spiro atoms. The summed E-state index contributed by atoms with van der Waals surface area (Å²) in [4.78, 5) is 10.8. The molecule has 3 nitrogen and oxygen atoms in total. The molecule has 0 bridgehead atoms. The molecule has 0 amide bonds. The van der Waals surface area contributed by atoms with Gasteiger partial charge in [0.05, 0.1) is 5.52 Å². The smallest absolute Gasteiger partial charge is 0.139 e. The second-order valence-corrected chi connectivity index (χ2v) is 6.25. The van der Waals surface area contributed by atoms with E-state index in [1.807, 2.05) is 50.2 Å². The molecule has 1 aromatic carbocycles. The highest BCUT2D eigenvalue weighted by Crippen LogP contribution is 2.22. The second-order valence-electron chi connectivity index (χ2n) is 6.25. The molecule has 0 aliphatic heterocycles. The lowest BCUT2D eigenvalue weighted by Crippen LogP contribution is -2.12. The fourth-order valence-electron chi connectivity index (χ4n) is 2.82. The molecule has 1 saturated carbocycles. The first-order chi connectivity index (χ1) is 10.1. The van der Waals surface area contributed by atoms with E-state index in [0.717, 1.165) is 28.5 Å². The first kappa shape index (κ1) is 15.7. The first-order valence-corrected chi connectivity index (χ1v) is 7.98. The van der Waals surface area contributed by atoms with E-state index in [9.17, 15) is 0 Å². The van der Waals surface area contributed by atoms with Gasteiger partial charge in [0.2, 0.25) is 0 Å². The van der Waals surface area contributed by atoms with Gasteiger partial charge in [0.15, 0.2) is 0 Å². The van der Waals surface area contributed by atoms with E-state index < -0.39 is 0 Å². The van der Waals surface area contributed by atoms with Crippen molar-refractivity contribution in [3.05, 3.63) is 30.1 Å². The standard InChI is InChI=1S/C11H13N3.C7H14/c1-8-12-10-7-5-4-6-9(10)11(13-8)14(2)3;1-7-5-3-2-4-6-7/h4-7H,1-3H3;7H,2-6H2,1H3. The van der Waals surface area contributed by atoms with Gasteiger partial charge in [-0.2, -0.15) is 0 Å². The molecular formula is C18H27N3. The summed E-state index contributed by atoms with van der Waals surface area (Å²) in [5.41, 5.74) is 1.00. The quantitative estimate of drug-likeness (QED) is 0.767. The molecule has 0 saturated heterocycles. The molecule has 3 heteroatoms. The van der Waals surface area contributed by atoms with Crippen LogP contribution in [0.15, 0.2) is 24.3 Å². The summed E-state index contributed by atoms with van der Waals surface area (Å²) in [6.45, 7) is 4.28. The Labute approximate surface area is 128 Å². The van der Waals surface area contributed by atoms with Crippen LogP contribution in [-0.4, -0.2) is 24.1 Å². The zero-order valence-corrected chi connectivity index (χ0v) is 13.8. The Bertz CT molecular complexity index is 572. The maximum absolute atomic E-state index is 4.42. The van der Waals surface area contributed by atoms with Crippen molar-refractivity contribution in [2.45, 2.75) is 46.0 Å². The van der Waals surface area contributed by atoms with Crippen molar-refractivity contribution in [3.63, 3.8) is 0 Å². The largest absolute Gasteiger partial charge is 0.362 e. The highest BCUT2D eigenvalue weighted by Gasteiger charge is 2.06. The molecule has 3 rings (SSSR count). The SMILES string of the molecule is CC1CCCCC1.Cc1nc(N(C)C)c2ccccc2n1. The van der Waals surface area contributed by atoms with Gasteiger partial charge in [-0.25, -0.2) is 9.97 Å². The summed E-state index contributed by atoms with van der Waals surface area (Å²) < 4.78 is 0. The van der Waals surface area contributed by atoms with Gasteiger partial charge < -0.3 is 4.90 Å². The lowest BCUT2D eigenvalue weighted by molar-refractivity contribution is 0.385. The number of hydrogen-bond acceptors (Lipinski definition) is 3. The maximum atomic E-state index is 4.42. The summed E-state index contributed by atoms with van der Waals surface area (Å²) in [6, 6.07) is 8.06. The van der Waals surface area contributed by atoms with E-state index in [-0.39, 0.29) is 0 Å². The Kier molecular flexibility index (Phi) is 5.54. The zero-order valence-electron chi connectivity index (χ0n) is 13.8. The van der Waals surface area contributed by atoms with Crippen LogP contribution in [0.2, 0.25) is 0 Å². The Morgan fingerprint density at radius 1 is 1.00 bits per heavy atom. The molecule has 0 atom stereocenters. The van der Waals surface area contributed by atoms with Gasteiger partial charge in [0, 0.05) is 19.5 Å². The third-order valence-corrected chi connectivity index (χ3v) is 4.01. The Hall–Kier alpha value is -1.64. The predicted molar refractivity (Wildman–Crippen MR) is 90.9 cm³/mol. The minimum Gasteiger partial charge on any atom is -0.362 e. The van der Waals surface area contributed by atoms with Crippen molar-refractivity contribution < 1.29 is 0 Å². The van der Waals surface area contributed by atoms with Crippen LogP contribution in [-0.2, 0) is 0 Å². The molecule has 1 heterocycles. The summed E-state index contributed by atoms with van der Waals surface area (Å²) in [6.07, 6.45) is 7.44. The van der Waals surface area contributed by atoms with Crippen LogP contribution in [0.3, 0.4) is 0 Å². The van der Waals surface area contributed by atoms with Crippen LogP contribution in [0.5, 0.6) is 0 Å². The molecule has 0 N–H and O–H groups in total. The Balaban J connectivity index is 0.000000194. The number of aryl methyl sites for hydroxylation is 1. The highest BCUT2D eigenvalue weighted by molar-refractivity contribution is 5.89. The van der Waals surface area contributed by atoms with E-state index in [1.165, 1.54) is 32.1 Å². The number of aromatic nitrogens is 2. The van der Waals surface area contributed by atoms with Crippen molar-refractivity contribution in [3.8, 4) is 0 Å². The number of nitrogens with zero attached hydrogens (tertiary/aromatic N) is 3. The normalized spacial score (nSPS) is 15.4. The van der Waals surface area contributed by atoms with Crippen LogP contribution in [0.25, 0.3) is 10.9 Å². The minimum atomic E-state index is 0.812. The third kappa shape index (κ3) is 4.42. The molecule has 1 aromatic heterocycles. The molecule has 1 aliphatic rings. The minimum absolute atomic E-state index is 0.812. The van der Waals surface area contributed by atoms with Gasteiger partial charge in [0.1, 0.15) is 11.6 Å². The van der Waals surface area contributed by atoms with Crippen molar-refractivity contribution in [2.75, 3.05) is 19.0 Å². The number of rotatable bonds is 1. The van der Waals surface area contributed by atoms with Gasteiger partial charge in [-0.15, -0.1) is 0 Å². The topological polar surface area (TPSA) is 29.0 Å². The predicted octanol–water partition coefficient (Wildman–Crippen LogP) is 4.59. The lowest BCUT2D eigenvalue weighted by atomic mass is 9.91. The van der Waals surface area contributed by atoms with Crippen LogP contribution in [0.1, 0.15) is 44.9 Å². The average Bonchev–Trinajstić information content (AvgIpc) is 2.47. The van der Waals surface area contributed by atoms with Gasteiger partial charge in [0.25, 0.3) is 0 Å². The van der Waals surface area contributed by atoms with Crippen LogP contribution in [0, 0.1) is 12.8 Å². The number of benzene rings is 1. The summed E-state index contributed by atoms with van der Waals surface area (Å²) in [5, 5.41) is 1.10. The first-order valence-electron chi connectivity index (χ1n) is 7.98. The second kappa shape index (κ2) is 7.39. The van der Waals surface area contributed by atoms with E-state index in [0.29, 0.717) is 0 Å². The number of anilines is 1. The summed E-state index contributed by atoms with van der Waals surface area (Å²) in [7, 11) is 3.99. The molecule has 2 aromatic rings. The molecule has 21 heavy (non-hydrogen) atoms. The monoisotopic (exact) mass is 285 g/mol. The molecule has 0 radical (unpaired) electrons. The van der Waals surface area contributed by atoms with Crippen LogP contribution in [0.4, 0.5) is 5.82 Å². The number of fused-ring (bicyclic) bond motifs is 1. The maximum Gasteiger partial charge on any atom is 0.139 e. The molecular weight excluding hydrogens is 258 g/mol. The zero-order chi connectivity index (χ0) is 15.2. The van der Waals surface area contributed by atoms with E-state index in [1.54, 1.807) is 0 Å². The Morgan fingerprint density at radius 3 is 2.24 bits per heavy atom.